The summed E-state index contributed by atoms with van der Waals surface area (Å²) in [6.07, 6.45) is 9.91. The lowest BCUT2D eigenvalue weighted by Crippen LogP contribution is -2.44. The van der Waals surface area contributed by atoms with Gasteiger partial charge < -0.3 is 10.1 Å². The van der Waals surface area contributed by atoms with Gasteiger partial charge >= 0.3 is 0 Å². The highest BCUT2D eigenvalue weighted by molar-refractivity contribution is 4.87. The summed E-state index contributed by atoms with van der Waals surface area (Å²) in [5.41, 5.74) is 0.611. The highest BCUT2D eigenvalue weighted by atomic mass is 16.5. The average Bonchev–Trinajstić information content (AvgIpc) is 2.24. The van der Waals surface area contributed by atoms with Gasteiger partial charge in [-0.15, -0.1) is 0 Å². The molecule has 15 heavy (non-hydrogen) atoms. The van der Waals surface area contributed by atoms with E-state index in [2.05, 4.69) is 12.2 Å². The van der Waals surface area contributed by atoms with E-state index in [0.29, 0.717) is 17.6 Å². The molecule has 2 nitrogen and oxygen atoms in total. The molecule has 2 saturated carbocycles. The van der Waals surface area contributed by atoms with E-state index < -0.39 is 0 Å². The van der Waals surface area contributed by atoms with E-state index in [1.165, 1.54) is 51.5 Å². The van der Waals surface area contributed by atoms with Crippen LogP contribution in [0.15, 0.2) is 0 Å². The van der Waals surface area contributed by atoms with E-state index in [4.69, 9.17) is 4.74 Å². The fourth-order valence-corrected chi connectivity index (χ4v) is 2.89. The fraction of sp³-hybridized carbons (Fsp3) is 1.00. The SMILES string of the molecule is COC1CCCC(NCC2(C)CCC2)C1. The van der Waals surface area contributed by atoms with Crippen molar-refractivity contribution < 1.29 is 4.74 Å². The smallest absolute Gasteiger partial charge is 0.0586 e. The van der Waals surface area contributed by atoms with Crippen LogP contribution in [0.25, 0.3) is 0 Å². The molecule has 2 fully saturated rings. The van der Waals surface area contributed by atoms with Gasteiger partial charge in [-0.1, -0.05) is 13.3 Å². The predicted molar refractivity (Wildman–Crippen MR) is 63.0 cm³/mol. The maximum atomic E-state index is 5.45. The summed E-state index contributed by atoms with van der Waals surface area (Å²) in [6, 6.07) is 0.709. The van der Waals surface area contributed by atoms with Gasteiger partial charge in [0.1, 0.15) is 0 Å². The second-order valence-corrected chi connectivity index (χ2v) is 5.77. The van der Waals surface area contributed by atoms with Crippen LogP contribution in [0.1, 0.15) is 51.9 Å². The first-order valence-electron chi connectivity index (χ1n) is 6.48. The zero-order chi connectivity index (χ0) is 10.7. The van der Waals surface area contributed by atoms with Crippen LogP contribution in [0.2, 0.25) is 0 Å². The number of nitrogens with one attached hydrogen (secondary N) is 1. The van der Waals surface area contributed by atoms with Crippen LogP contribution in [-0.4, -0.2) is 25.8 Å². The Kier molecular flexibility index (Phi) is 3.68. The summed E-state index contributed by atoms with van der Waals surface area (Å²) < 4.78 is 5.45. The zero-order valence-corrected chi connectivity index (χ0v) is 10.2. The second-order valence-electron chi connectivity index (χ2n) is 5.77. The third-order valence-corrected chi connectivity index (χ3v) is 4.34. The van der Waals surface area contributed by atoms with Crippen LogP contribution in [-0.2, 0) is 4.74 Å². The van der Waals surface area contributed by atoms with Crippen molar-refractivity contribution in [3.63, 3.8) is 0 Å². The molecule has 2 rings (SSSR count). The molecule has 0 aromatic heterocycles. The van der Waals surface area contributed by atoms with Crippen molar-refractivity contribution in [2.45, 2.75) is 64.0 Å². The monoisotopic (exact) mass is 211 g/mol. The van der Waals surface area contributed by atoms with E-state index in [-0.39, 0.29) is 0 Å². The number of rotatable bonds is 4. The zero-order valence-electron chi connectivity index (χ0n) is 10.2. The Balaban J connectivity index is 1.69. The molecule has 0 aliphatic heterocycles. The van der Waals surface area contributed by atoms with Crippen molar-refractivity contribution >= 4 is 0 Å². The minimum absolute atomic E-state index is 0.505. The van der Waals surface area contributed by atoms with Gasteiger partial charge in [-0.25, -0.2) is 0 Å². The van der Waals surface area contributed by atoms with E-state index in [0.717, 1.165) is 0 Å². The Labute approximate surface area is 93.8 Å². The predicted octanol–water partition coefficient (Wildman–Crippen LogP) is 2.72. The summed E-state index contributed by atoms with van der Waals surface area (Å²) in [4.78, 5) is 0. The first kappa shape index (κ1) is 11.4. The highest BCUT2D eigenvalue weighted by Gasteiger charge is 2.32. The summed E-state index contributed by atoms with van der Waals surface area (Å²) in [5.74, 6) is 0. The first-order valence-corrected chi connectivity index (χ1v) is 6.48. The van der Waals surface area contributed by atoms with Gasteiger partial charge in [0.2, 0.25) is 0 Å². The largest absolute Gasteiger partial charge is 0.381 e. The summed E-state index contributed by atoms with van der Waals surface area (Å²) in [5, 5.41) is 3.75. The summed E-state index contributed by atoms with van der Waals surface area (Å²) in [6.45, 7) is 3.63. The van der Waals surface area contributed by atoms with Gasteiger partial charge in [0.25, 0.3) is 0 Å². The Bertz CT molecular complexity index is 201. The number of methoxy groups -OCH3 is 1. The molecule has 0 radical (unpaired) electrons. The van der Waals surface area contributed by atoms with Gasteiger partial charge in [-0.05, 0) is 43.9 Å². The lowest BCUT2D eigenvalue weighted by atomic mass is 9.70. The third-order valence-electron chi connectivity index (χ3n) is 4.34. The molecule has 2 aliphatic carbocycles. The lowest BCUT2D eigenvalue weighted by Gasteiger charge is -2.40. The van der Waals surface area contributed by atoms with E-state index in [1.807, 2.05) is 7.11 Å². The maximum Gasteiger partial charge on any atom is 0.0586 e. The lowest BCUT2D eigenvalue weighted by molar-refractivity contribution is 0.0535. The maximum absolute atomic E-state index is 5.45. The Morgan fingerprint density at radius 1 is 1.27 bits per heavy atom. The van der Waals surface area contributed by atoms with Gasteiger partial charge in [-0.3, -0.25) is 0 Å². The van der Waals surface area contributed by atoms with Gasteiger partial charge in [0.05, 0.1) is 6.10 Å². The molecule has 0 aromatic rings. The molecule has 0 amide bonds. The van der Waals surface area contributed by atoms with Crippen molar-refractivity contribution in [1.29, 1.82) is 0 Å². The van der Waals surface area contributed by atoms with Gasteiger partial charge in [0, 0.05) is 19.7 Å². The van der Waals surface area contributed by atoms with Crippen molar-refractivity contribution in [2.75, 3.05) is 13.7 Å². The van der Waals surface area contributed by atoms with E-state index in [1.54, 1.807) is 0 Å². The third kappa shape index (κ3) is 2.94. The van der Waals surface area contributed by atoms with Crippen LogP contribution in [0.5, 0.6) is 0 Å². The quantitative estimate of drug-likeness (QED) is 0.772. The summed E-state index contributed by atoms with van der Waals surface area (Å²) in [7, 11) is 1.85. The standard InChI is InChI=1S/C13H25NO/c1-13(7-4-8-13)10-14-11-5-3-6-12(9-11)15-2/h11-12,14H,3-10H2,1-2H3. The summed E-state index contributed by atoms with van der Waals surface area (Å²) >= 11 is 0. The van der Waals surface area contributed by atoms with Crippen molar-refractivity contribution in [3.05, 3.63) is 0 Å². The molecule has 88 valence electrons. The molecule has 0 bridgehead atoms. The van der Waals surface area contributed by atoms with E-state index in [9.17, 15) is 0 Å². The van der Waals surface area contributed by atoms with Crippen LogP contribution < -0.4 is 5.32 Å². The fourth-order valence-electron chi connectivity index (χ4n) is 2.89. The average molecular weight is 211 g/mol. The first-order chi connectivity index (χ1) is 7.22. The number of ether oxygens (including phenoxy) is 1. The molecular weight excluding hydrogens is 186 g/mol. The van der Waals surface area contributed by atoms with Crippen LogP contribution in [0, 0.1) is 5.41 Å². The Morgan fingerprint density at radius 2 is 2.07 bits per heavy atom. The van der Waals surface area contributed by atoms with Gasteiger partial charge in [0.15, 0.2) is 0 Å². The highest BCUT2D eigenvalue weighted by Crippen LogP contribution is 2.39. The topological polar surface area (TPSA) is 21.3 Å². The van der Waals surface area contributed by atoms with Crippen LogP contribution in [0.3, 0.4) is 0 Å². The Hall–Kier alpha value is -0.0800. The molecule has 0 saturated heterocycles. The van der Waals surface area contributed by atoms with Crippen LogP contribution >= 0.6 is 0 Å². The second kappa shape index (κ2) is 4.84. The molecule has 2 atom stereocenters. The van der Waals surface area contributed by atoms with Crippen molar-refractivity contribution in [3.8, 4) is 0 Å². The molecule has 0 aromatic carbocycles. The normalized spacial score (nSPS) is 34.8. The minimum Gasteiger partial charge on any atom is -0.381 e. The number of hydrogen-bond donors (Lipinski definition) is 1. The number of hydrogen-bond acceptors (Lipinski definition) is 2. The molecule has 2 unspecified atom stereocenters. The molecule has 2 aliphatic rings. The molecule has 1 N–H and O–H groups in total. The van der Waals surface area contributed by atoms with Crippen molar-refractivity contribution in [2.24, 2.45) is 5.41 Å². The van der Waals surface area contributed by atoms with Crippen LogP contribution in [0.4, 0.5) is 0 Å². The minimum atomic E-state index is 0.505. The molecule has 2 heteroatoms. The van der Waals surface area contributed by atoms with E-state index >= 15 is 0 Å². The molecular formula is C13H25NO. The van der Waals surface area contributed by atoms with Crippen molar-refractivity contribution in [1.82, 2.24) is 5.32 Å². The Morgan fingerprint density at radius 3 is 2.67 bits per heavy atom. The molecule has 0 spiro atoms. The molecule has 0 heterocycles. The van der Waals surface area contributed by atoms with Gasteiger partial charge in [-0.2, -0.15) is 0 Å².